The van der Waals surface area contributed by atoms with E-state index in [1.165, 1.54) is 22.7 Å². The van der Waals surface area contributed by atoms with Crippen molar-refractivity contribution in [3.05, 3.63) is 29.1 Å². The van der Waals surface area contributed by atoms with Gasteiger partial charge in [-0.3, -0.25) is 9.10 Å². The van der Waals surface area contributed by atoms with E-state index in [2.05, 4.69) is 5.32 Å². The Hall–Kier alpha value is -1.60. The molecular weight excluding hydrogens is 284 g/mol. The molecule has 1 aromatic carbocycles. The molecule has 1 amide bonds. The topological polar surface area (TPSA) is 66.5 Å². The summed E-state index contributed by atoms with van der Waals surface area (Å²) >= 11 is 1.38. The Kier molecular flexibility index (Phi) is 3.51. The number of rotatable bonds is 3. The van der Waals surface area contributed by atoms with E-state index < -0.39 is 10.0 Å². The van der Waals surface area contributed by atoms with Gasteiger partial charge in [0, 0.05) is 18.8 Å². The molecular formula is C12H14N2O3S2. The first kappa shape index (κ1) is 13.8. The third kappa shape index (κ3) is 2.71. The van der Waals surface area contributed by atoms with E-state index in [9.17, 15) is 13.2 Å². The number of hydrogen-bond acceptors (Lipinski definition) is 4. The van der Waals surface area contributed by atoms with Crippen molar-refractivity contribution in [1.29, 1.82) is 0 Å². The molecule has 1 heterocycles. The first-order chi connectivity index (χ1) is 8.82. The molecule has 0 saturated heterocycles. The van der Waals surface area contributed by atoms with Crippen molar-refractivity contribution < 1.29 is 13.2 Å². The number of nitrogens with zero attached hydrogens (tertiary/aromatic N) is 1. The lowest BCUT2D eigenvalue weighted by Crippen LogP contribution is -2.24. The molecule has 0 atom stereocenters. The minimum Gasteiger partial charge on any atom is -0.354 e. The third-order valence-electron chi connectivity index (χ3n) is 2.81. The summed E-state index contributed by atoms with van der Waals surface area (Å²) < 4.78 is 25.1. The molecule has 1 N–H and O–H groups in total. The predicted octanol–water partition coefficient (Wildman–Crippen LogP) is 1.66. The maximum Gasteiger partial charge on any atom is 0.261 e. The van der Waals surface area contributed by atoms with E-state index in [1.807, 2.05) is 6.07 Å². The van der Waals surface area contributed by atoms with Crippen LogP contribution in [0.4, 0.5) is 5.69 Å². The summed E-state index contributed by atoms with van der Waals surface area (Å²) in [6.07, 6.45) is 1.15. The fraction of sp³-hybridized carbons (Fsp3) is 0.250. The number of benzene rings is 1. The van der Waals surface area contributed by atoms with Crippen LogP contribution in [-0.4, -0.2) is 34.7 Å². The van der Waals surface area contributed by atoms with Gasteiger partial charge in [0.1, 0.15) is 0 Å². The number of anilines is 1. The maximum absolute atomic E-state index is 11.6. The van der Waals surface area contributed by atoms with E-state index in [1.54, 1.807) is 25.2 Å². The minimum absolute atomic E-state index is 0.140. The number of sulfonamides is 1. The quantitative estimate of drug-likeness (QED) is 0.937. The highest BCUT2D eigenvalue weighted by Gasteiger charge is 2.14. The fourth-order valence-electron chi connectivity index (χ4n) is 1.65. The van der Waals surface area contributed by atoms with Gasteiger partial charge in [-0.15, -0.1) is 11.3 Å². The Morgan fingerprint density at radius 3 is 2.58 bits per heavy atom. The Morgan fingerprint density at radius 1 is 1.32 bits per heavy atom. The molecule has 0 bridgehead atoms. The van der Waals surface area contributed by atoms with Crippen LogP contribution in [0.5, 0.6) is 0 Å². The molecule has 2 rings (SSSR count). The van der Waals surface area contributed by atoms with Crippen LogP contribution in [0.1, 0.15) is 9.67 Å². The van der Waals surface area contributed by atoms with Crippen LogP contribution < -0.4 is 9.62 Å². The van der Waals surface area contributed by atoms with Crippen LogP contribution in [0, 0.1) is 0 Å². The Morgan fingerprint density at radius 2 is 2.00 bits per heavy atom. The number of thiophene rings is 1. The summed E-state index contributed by atoms with van der Waals surface area (Å²) in [6, 6.07) is 7.08. The van der Waals surface area contributed by atoms with Gasteiger partial charge < -0.3 is 5.32 Å². The summed E-state index contributed by atoms with van der Waals surface area (Å²) in [5, 5.41) is 3.43. The second kappa shape index (κ2) is 4.82. The van der Waals surface area contributed by atoms with Gasteiger partial charge in [0.05, 0.1) is 16.8 Å². The summed E-state index contributed by atoms with van der Waals surface area (Å²) in [4.78, 5) is 12.2. The van der Waals surface area contributed by atoms with Crippen molar-refractivity contribution in [3.63, 3.8) is 0 Å². The SMILES string of the molecule is CNC(=O)c1cc2cc(N(C)S(C)(=O)=O)ccc2s1. The Balaban J connectivity index is 2.49. The standard InChI is InChI=1S/C12H14N2O3S2/c1-13-12(15)11-7-8-6-9(4-5-10(8)18-11)14(2)19(3,16)17/h4-7H,1-3H3,(H,13,15). The number of nitrogens with one attached hydrogen (secondary N) is 1. The lowest BCUT2D eigenvalue weighted by molar-refractivity contribution is 0.0967. The van der Waals surface area contributed by atoms with Gasteiger partial charge in [-0.05, 0) is 29.7 Å². The molecule has 1 aromatic heterocycles. The van der Waals surface area contributed by atoms with E-state index in [0.29, 0.717) is 10.6 Å². The molecule has 102 valence electrons. The molecule has 2 aromatic rings. The first-order valence-corrected chi connectivity index (χ1v) is 8.19. The molecule has 7 heteroatoms. The highest BCUT2D eigenvalue weighted by Crippen LogP contribution is 2.29. The highest BCUT2D eigenvalue weighted by atomic mass is 32.2. The van der Waals surface area contributed by atoms with E-state index in [4.69, 9.17) is 0 Å². The van der Waals surface area contributed by atoms with E-state index >= 15 is 0 Å². The van der Waals surface area contributed by atoms with Gasteiger partial charge in [-0.25, -0.2) is 8.42 Å². The highest BCUT2D eigenvalue weighted by molar-refractivity contribution is 7.92. The molecule has 0 unspecified atom stereocenters. The van der Waals surface area contributed by atoms with E-state index in [0.717, 1.165) is 16.3 Å². The molecule has 0 radical (unpaired) electrons. The number of carbonyl (C=O) groups is 1. The molecule has 0 aliphatic heterocycles. The van der Waals surface area contributed by atoms with Crippen LogP contribution in [0.3, 0.4) is 0 Å². The molecule has 0 aliphatic rings. The fourth-order valence-corrected chi connectivity index (χ4v) is 3.14. The van der Waals surface area contributed by atoms with Gasteiger partial charge >= 0.3 is 0 Å². The van der Waals surface area contributed by atoms with Gasteiger partial charge in [-0.1, -0.05) is 0 Å². The van der Waals surface area contributed by atoms with Crippen molar-refractivity contribution in [2.24, 2.45) is 0 Å². The van der Waals surface area contributed by atoms with Crippen LogP contribution in [-0.2, 0) is 10.0 Å². The van der Waals surface area contributed by atoms with Crippen LogP contribution in [0.15, 0.2) is 24.3 Å². The van der Waals surface area contributed by atoms with Gasteiger partial charge in [0.15, 0.2) is 0 Å². The van der Waals surface area contributed by atoms with Crippen molar-refractivity contribution in [2.45, 2.75) is 0 Å². The number of amides is 1. The number of fused-ring (bicyclic) bond motifs is 1. The van der Waals surface area contributed by atoms with Crippen LogP contribution in [0.25, 0.3) is 10.1 Å². The van der Waals surface area contributed by atoms with Gasteiger partial charge in [-0.2, -0.15) is 0 Å². The second-order valence-electron chi connectivity index (χ2n) is 4.14. The lowest BCUT2D eigenvalue weighted by atomic mass is 10.2. The largest absolute Gasteiger partial charge is 0.354 e. The minimum atomic E-state index is -3.28. The first-order valence-electron chi connectivity index (χ1n) is 5.52. The summed E-state index contributed by atoms with van der Waals surface area (Å²) in [5.41, 5.74) is 0.580. The second-order valence-corrected chi connectivity index (χ2v) is 7.24. The normalized spacial score (nSPS) is 11.5. The number of carbonyl (C=O) groups excluding carboxylic acids is 1. The molecule has 0 fully saturated rings. The molecule has 5 nitrogen and oxygen atoms in total. The lowest BCUT2D eigenvalue weighted by Gasteiger charge is -2.16. The van der Waals surface area contributed by atoms with Crippen molar-refractivity contribution in [1.82, 2.24) is 5.32 Å². The average Bonchev–Trinajstić information content (AvgIpc) is 2.78. The zero-order chi connectivity index (χ0) is 14.2. The Labute approximate surface area is 115 Å². The summed E-state index contributed by atoms with van der Waals surface area (Å²) in [6.45, 7) is 0. The Bertz CT molecular complexity index is 735. The van der Waals surface area contributed by atoms with Gasteiger partial charge in [0.25, 0.3) is 5.91 Å². The summed E-state index contributed by atoms with van der Waals surface area (Å²) in [5.74, 6) is -0.140. The monoisotopic (exact) mass is 298 g/mol. The molecule has 0 saturated carbocycles. The maximum atomic E-state index is 11.6. The van der Waals surface area contributed by atoms with Crippen molar-refractivity contribution in [2.75, 3.05) is 24.7 Å². The zero-order valence-corrected chi connectivity index (χ0v) is 12.4. The van der Waals surface area contributed by atoms with Crippen LogP contribution >= 0.6 is 11.3 Å². The smallest absolute Gasteiger partial charge is 0.261 e. The average molecular weight is 298 g/mol. The molecule has 0 spiro atoms. The zero-order valence-electron chi connectivity index (χ0n) is 10.8. The van der Waals surface area contributed by atoms with E-state index in [-0.39, 0.29) is 5.91 Å². The third-order valence-corrected chi connectivity index (χ3v) is 5.13. The predicted molar refractivity (Wildman–Crippen MR) is 78.5 cm³/mol. The van der Waals surface area contributed by atoms with Crippen molar-refractivity contribution >= 4 is 43.0 Å². The van der Waals surface area contributed by atoms with Crippen LogP contribution in [0.2, 0.25) is 0 Å². The molecule has 19 heavy (non-hydrogen) atoms. The van der Waals surface area contributed by atoms with Crippen molar-refractivity contribution in [3.8, 4) is 0 Å². The summed E-state index contributed by atoms with van der Waals surface area (Å²) in [7, 11) is -0.200. The number of hydrogen-bond donors (Lipinski definition) is 1. The van der Waals surface area contributed by atoms with Gasteiger partial charge in [0.2, 0.25) is 10.0 Å². The molecule has 0 aliphatic carbocycles.